The van der Waals surface area contributed by atoms with Crippen LogP contribution in [0, 0.1) is 5.82 Å². The Morgan fingerprint density at radius 1 is 1.16 bits per heavy atom. The molecule has 0 radical (unpaired) electrons. The van der Waals surface area contributed by atoms with Gasteiger partial charge in [-0.15, -0.1) is 11.3 Å². The van der Waals surface area contributed by atoms with Crippen molar-refractivity contribution >= 4 is 23.2 Å². The van der Waals surface area contributed by atoms with Crippen molar-refractivity contribution in [2.75, 3.05) is 0 Å². The molecule has 2 heterocycles. The lowest BCUT2D eigenvalue weighted by Gasteiger charge is -2.33. The topological polar surface area (TPSA) is 75.4 Å². The Labute approximate surface area is 184 Å². The number of halogens is 1. The van der Waals surface area contributed by atoms with Gasteiger partial charge in [0.1, 0.15) is 5.82 Å². The summed E-state index contributed by atoms with van der Waals surface area (Å²) in [6.07, 6.45) is 5.34. The van der Waals surface area contributed by atoms with Gasteiger partial charge in [0.2, 0.25) is 0 Å². The SMILES string of the molecule is O=C(NCc1ccc(F)cc1)c1cc(CN(C(=O)c2cccs2)C2CCCCC2)on1. The van der Waals surface area contributed by atoms with Gasteiger partial charge in [-0.2, -0.15) is 0 Å². The molecule has 4 rings (SSSR count). The molecule has 162 valence electrons. The maximum Gasteiger partial charge on any atom is 0.273 e. The molecule has 1 fully saturated rings. The number of hydrogen-bond acceptors (Lipinski definition) is 5. The number of rotatable bonds is 7. The predicted molar refractivity (Wildman–Crippen MR) is 115 cm³/mol. The summed E-state index contributed by atoms with van der Waals surface area (Å²) in [6, 6.07) is 11.4. The summed E-state index contributed by atoms with van der Waals surface area (Å²) in [4.78, 5) is 28.1. The van der Waals surface area contributed by atoms with Crippen LogP contribution in [0.1, 0.15) is 63.6 Å². The fourth-order valence-corrected chi connectivity index (χ4v) is 4.52. The third-order valence-corrected chi connectivity index (χ3v) is 6.35. The van der Waals surface area contributed by atoms with Gasteiger partial charge in [-0.3, -0.25) is 9.59 Å². The average molecular weight is 442 g/mol. The third kappa shape index (κ3) is 5.38. The Bertz CT molecular complexity index is 1010. The molecule has 1 N–H and O–H groups in total. The van der Waals surface area contributed by atoms with Crippen LogP contribution in [-0.4, -0.2) is 27.9 Å². The van der Waals surface area contributed by atoms with Gasteiger partial charge in [-0.1, -0.05) is 42.6 Å². The molecule has 0 saturated heterocycles. The molecule has 1 aliphatic carbocycles. The molecule has 3 aromatic rings. The quantitative estimate of drug-likeness (QED) is 0.573. The smallest absolute Gasteiger partial charge is 0.273 e. The summed E-state index contributed by atoms with van der Waals surface area (Å²) in [5.74, 6) is -0.244. The van der Waals surface area contributed by atoms with Crippen LogP contribution in [-0.2, 0) is 13.1 Å². The van der Waals surface area contributed by atoms with Crippen LogP contribution in [0.15, 0.2) is 52.4 Å². The molecule has 0 aliphatic heterocycles. The first kappa shape index (κ1) is 21.2. The van der Waals surface area contributed by atoms with Crippen molar-refractivity contribution in [3.8, 4) is 0 Å². The molecule has 1 aromatic carbocycles. The molecule has 2 amide bonds. The van der Waals surface area contributed by atoms with E-state index in [4.69, 9.17) is 4.52 Å². The van der Waals surface area contributed by atoms with Gasteiger partial charge in [0.25, 0.3) is 11.8 Å². The Hall–Kier alpha value is -3.00. The van der Waals surface area contributed by atoms with Crippen molar-refractivity contribution in [3.05, 3.63) is 75.6 Å². The number of amides is 2. The number of carbonyl (C=O) groups excluding carboxylic acids is 2. The first-order valence-corrected chi connectivity index (χ1v) is 11.3. The van der Waals surface area contributed by atoms with Crippen molar-refractivity contribution in [1.29, 1.82) is 0 Å². The average Bonchev–Trinajstić information content (AvgIpc) is 3.49. The van der Waals surface area contributed by atoms with Crippen molar-refractivity contribution in [3.63, 3.8) is 0 Å². The molecule has 1 aliphatic rings. The zero-order valence-corrected chi connectivity index (χ0v) is 17.9. The summed E-state index contributed by atoms with van der Waals surface area (Å²) >= 11 is 1.42. The fraction of sp³-hybridized carbons (Fsp3) is 0.348. The first-order valence-electron chi connectivity index (χ1n) is 10.4. The minimum absolute atomic E-state index is 0.0133. The molecular formula is C23H24FN3O3S. The lowest BCUT2D eigenvalue weighted by atomic mass is 9.94. The van der Waals surface area contributed by atoms with Crippen molar-refractivity contribution in [2.45, 2.75) is 51.2 Å². The number of nitrogens with one attached hydrogen (secondary N) is 1. The second kappa shape index (κ2) is 9.87. The Balaban J connectivity index is 1.42. The van der Waals surface area contributed by atoms with E-state index in [1.54, 1.807) is 18.2 Å². The number of aromatic nitrogens is 1. The number of nitrogens with zero attached hydrogens (tertiary/aromatic N) is 2. The predicted octanol–water partition coefficient (Wildman–Crippen LogP) is 4.78. The van der Waals surface area contributed by atoms with E-state index >= 15 is 0 Å². The normalized spacial score (nSPS) is 14.4. The Morgan fingerprint density at radius 3 is 2.65 bits per heavy atom. The Morgan fingerprint density at radius 2 is 1.94 bits per heavy atom. The standard InChI is InChI=1S/C23H24FN3O3S/c24-17-10-8-16(9-11-17)14-25-22(28)20-13-19(30-26-20)15-27(18-5-2-1-3-6-18)23(29)21-7-4-12-31-21/h4,7-13,18H,1-3,5-6,14-15H2,(H,25,28). The highest BCUT2D eigenvalue weighted by atomic mass is 32.1. The lowest BCUT2D eigenvalue weighted by molar-refractivity contribution is 0.0595. The molecule has 0 unspecified atom stereocenters. The molecule has 1 saturated carbocycles. The van der Waals surface area contributed by atoms with Crippen molar-refractivity contribution < 1.29 is 18.5 Å². The molecule has 8 heteroatoms. The second-order valence-corrected chi connectivity index (χ2v) is 8.64. The highest BCUT2D eigenvalue weighted by molar-refractivity contribution is 7.12. The van der Waals surface area contributed by atoms with Crippen LogP contribution < -0.4 is 5.32 Å². The van der Waals surface area contributed by atoms with E-state index in [1.165, 1.54) is 29.9 Å². The highest BCUT2D eigenvalue weighted by Crippen LogP contribution is 2.27. The van der Waals surface area contributed by atoms with E-state index in [2.05, 4.69) is 10.5 Å². The maximum absolute atomic E-state index is 13.1. The van der Waals surface area contributed by atoms with Gasteiger partial charge < -0.3 is 14.7 Å². The zero-order valence-electron chi connectivity index (χ0n) is 17.1. The van der Waals surface area contributed by atoms with E-state index in [1.807, 2.05) is 22.4 Å². The molecular weight excluding hydrogens is 417 g/mol. The number of benzene rings is 1. The van der Waals surface area contributed by atoms with Gasteiger partial charge in [-0.25, -0.2) is 4.39 Å². The molecule has 0 bridgehead atoms. The van der Waals surface area contributed by atoms with Crippen LogP contribution in [0.4, 0.5) is 4.39 Å². The molecule has 2 aromatic heterocycles. The van der Waals surface area contributed by atoms with E-state index in [9.17, 15) is 14.0 Å². The van der Waals surface area contributed by atoms with Gasteiger partial charge in [0, 0.05) is 18.7 Å². The monoisotopic (exact) mass is 441 g/mol. The number of hydrogen-bond donors (Lipinski definition) is 1. The van der Waals surface area contributed by atoms with Crippen LogP contribution in [0.3, 0.4) is 0 Å². The summed E-state index contributed by atoms with van der Waals surface area (Å²) < 4.78 is 18.4. The lowest BCUT2D eigenvalue weighted by Crippen LogP contribution is -2.40. The van der Waals surface area contributed by atoms with E-state index in [0.717, 1.165) is 31.2 Å². The Kier molecular flexibility index (Phi) is 6.76. The van der Waals surface area contributed by atoms with Crippen LogP contribution in [0.5, 0.6) is 0 Å². The molecule has 0 spiro atoms. The van der Waals surface area contributed by atoms with Crippen LogP contribution >= 0.6 is 11.3 Å². The van der Waals surface area contributed by atoms with E-state index in [0.29, 0.717) is 10.6 Å². The highest BCUT2D eigenvalue weighted by Gasteiger charge is 2.28. The van der Waals surface area contributed by atoms with Crippen molar-refractivity contribution in [1.82, 2.24) is 15.4 Å². The van der Waals surface area contributed by atoms with Crippen LogP contribution in [0.25, 0.3) is 0 Å². The van der Waals surface area contributed by atoms with Gasteiger partial charge in [0.05, 0.1) is 11.4 Å². The molecule has 0 atom stereocenters. The first-order chi connectivity index (χ1) is 15.1. The number of thiophene rings is 1. The fourth-order valence-electron chi connectivity index (χ4n) is 3.84. The molecule has 6 nitrogen and oxygen atoms in total. The molecule has 31 heavy (non-hydrogen) atoms. The summed E-state index contributed by atoms with van der Waals surface area (Å²) in [5.41, 5.74) is 0.938. The van der Waals surface area contributed by atoms with E-state index < -0.39 is 0 Å². The number of carbonyl (C=O) groups is 2. The van der Waals surface area contributed by atoms with E-state index in [-0.39, 0.29) is 42.5 Å². The van der Waals surface area contributed by atoms with Gasteiger partial charge in [0.15, 0.2) is 11.5 Å². The minimum atomic E-state index is -0.381. The van der Waals surface area contributed by atoms with Gasteiger partial charge in [-0.05, 0) is 42.0 Å². The van der Waals surface area contributed by atoms with Crippen molar-refractivity contribution in [2.24, 2.45) is 0 Å². The zero-order chi connectivity index (χ0) is 21.6. The summed E-state index contributed by atoms with van der Waals surface area (Å²) in [5, 5.41) is 8.52. The largest absolute Gasteiger partial charge is 0.359 e. The van der Waals surface area contributed by atoms with Gasteiger partial charge >= 0.3 is 0 Å². The van der Waals surface area contributed by atoms with Crippen LogP contribution in [0.2, 0.25) is 0 Å². The second-order valence-electron chi connectivity index (χ2n) is 7.69. The maximum atomic E-state index is 13.1. The minimum Gasteiger partial charge on any atom is -0.359 e. The summed E-state index contributed by atoms with van der Waals surface area (Å²) in [7, 11) is 0. The summed E-state index contributed by atoms with van der Waals surface area (Å²) in [6.45, 7) is 0.534. The third-order valence-electron chi connectivity index (χ3n) is 5.49.